The fourth-order valence-electron chi connectivity index (χ4n) is 1.86. The molecule has 2 unspecified atom stereocenters. The third kappa shape index (κ3) is 3.43. The minimum Gasteiger partial charge on any atom is -0.309 e. The molecule has 0 saturated heterocycles. The summed E-state index contributed by atoms with van der Waals surface area (Å²) in [6.07, 6.45) is 5.47. The summed E-state index contributed by atoms with van der Waals surface area (Å²) in [7, 11) is 0. The van der Waals surface area contributed by atoms with Gasteiger partial charge in [0.15, 0.2) is 0 Å². The molecule has 0 radical (unpaired) electrons. The molecule has 0 fully saturated rings. The number of benzene rings is 1. The van der Waals surface area contributed by atoms with Gasteiger partial charge in [-0.3, -0.25) is 0 Å². The third-order valence-electron chi connectivity index (χ3n) is 3.15. The molecular weight excluding hydrogens is 236 g/mol. The predicted octanol–water partition coefficient (Wildman–Crippen LogP) is 2.68. The number of aromatic nitrogens is 2. The van der Waals surface area contributed by atoms with E-state index in [1.165, 1.54) is 5.56 Å². The van der Waals surface area contributed by atoms with E-state index < -0.39 is 0 Å². The molecule has 0 aliphatic heterocycles. The van der Waals surface area contributed by atoms with E-state index >= 15 is 0 Å². The first-order valence-electron chi connectivity index (χ1n) is 6.42. The monoisotopic (exact) mass is 254 g/mol. The molecule has 4 nitrogen and oxygen atoms in total. The van der Waals surface area contributed by atoms with Gasteiger partial charge >= 0.3 is 0 Å². The second-order valence-electron chi connectivity index (χ2n) is 4.72. The number of hydrogen-bond acceptors (Lipinski definition) is 3. The fourth-order valence-corrected chi connectivity index (χ4v) is 1.86. The molecule has 98 valence electrons. The van der Waals surface area contributed by atoms with E-state index in [1.807, 2.05) is 17.7 Å². The maximum Gasteiger partial charge on any atom is 0.0991 e. The smallest absolute Gasteiger partial charge is 0.0991 e. The maximum absolute atomic E-state index is 8.76. The molecule has 0 spiro atoms. The largest absolute Gasteiger partial charge is 0.309 e. The fraction of sp³-hybridized carbons (Fsp3) is 0.333. The summed E-state index contributed by atoms with van der Waals surface area (Å²) in [4.78, 5) is 4.03. The van der Waals surface area contributed by atoms with Crippen LogP contribution in [-0.4, -0.2) is 16.1 Å². The molecular formula is C15H18N4. The van der Waals surface area contributed by atoms with Crippen molar-refractivity contribution >= 4 is 0 Å². The van der Waals surface area contributed by atoms with Crippen LogP contribution in [0, 0.1) is 17.2 Å². The topological polar surface area (TPSA) is 53.6 Å². The Labute approximate surface area is 113 Å². The Kier molecular flexibility index (Phi) is 4.32. The van der Waals surface area contributed by atoms with Gasteiger partial charge in [-0.2, -0.15) is 5.26 Å². The first-order chi connectivity index (χ1) is 9.20. The van der Waals surface area contributed by atoms with Crippen molar-refractivity contribution in [3.8, 4) is 11.8 Å². The lowest BCUT2D eigenvalue weighted by Crippen LogP contribution is -2.23. The van der Waals surface area contributed by atoms with Crippen molar-refractivity contribution in [2.24, 2.45) is 5.92 Å². The minimum absolute atomic E-state index is 0.0349. The van der Waals surface area contributed by atoms with Crippen LogP contribution in [0.25, 0.3) is 5.69 Å². The van der Waals surface area contributed by atoms with Crippen LogP contribution in [0.2, 0.25) is 0 Å². The molecule has 4 heteroatoms. The molecule has 1 N–H and O–H groups in total. The summed E-state index contributed by atoms with van der Waals surface area (Å²) >= 11 is 0. The van der Waals surface area contributed by atoms with E-state index in [-0.39, 0.29) is 12.0 Å². The second-order valence-corrected chi connectivity index (χ2v) is 4.72. The van der Waals surface area contributed by atoms with E-state index in [0.717, 1.165) is 5.69 Å². The summed E-state index contributed by atoms with van der Waals surface area (Å²) in [5, 5.41) is 12.1. The van der Waals surface area contributed by atoms with Gasteiger partial charge in [0.1, 0.15) is 0 Å². The Hall–Kier alpha value is -2.12. The molecule has 1 heterocycles. The average Bonchev–Trinajstić information content (AvgIpc) is 2.98. The molecule has 0 aliphatic rings. The van der Waals surface area contributed by atoms with Crippen molar-refractivity contribution in [3.05, 3.63) is 48.5 Å². The van der Waals surface area contributed by atoms with Gasteiger partial charge in [-0.1, -0.05) is 12.1 Å². The van der Waals surface area contributed by atoms with E-state index in [0.29, 0.717) is 6.54 Å². The van der Waals surface area contributed by atoms with Gasteiger partial charge in [-0.05, 0) is 31.5 Å². The molecule has 0 aliphatic carbocycles. The predicted molar refractivity (Wildman–Crippen MR) is 74.8 cm³/mol. The van der Waals surface area contributed by atoms with Crippen molar-refractivity contribution in [2.75, 3.05) is 6.54 Å². The first kappa shape index (κ1) is 13.3. The molecule has 19 heavy (non-hydrogen) atoms. The van der Waals surface area contributed by atoms with Crippen LogP contribution in [0.1, 0.15) is 25.5 Å². The quantitative estimate of drug-likeness (QED) is 0.892. The zero-order valence-electron chi connectivity index (χ0n) is 11.2. The van der Waals surface area contributed by atoms with E-state index in [2.05, 4.69) is 47.6 Å². The molecule has 2 rings (SSSR count). The van der Waals surface area contributed by atoms with Crippen molar-refractivity contribution in [1.29, 1.82) is 5.26 Å². The molecule has 1 aromatic heterocycles. The Morgan fingerprint density at radius 3 is 2.63 bits per heavy atom. The molecule has 1 aromatic carbocycles. The van der Waals surface area contributed by atoms with E-state index in [1.54, 1.807) is 12.5 Å². The SMILES string of the molecule is CC(C#N)CNC(C)c1ccc(-n2ccnc2)cc1. The molecule has 0 saturated carbocycles. The first-order valence-corrected chi connectivity index (χ1v) is 6.42. The van der Waals surface area contributed by atoms with Crippen LogP contribution in [0.3, 0.4) is 0 Å². The third-order valence-corrected chi connectivity index (χ3v) is 3.15. The van der Waals surface area contributed by atoms with E-state index in [9.17, 15) is 0 Å². The normalized spacial score (nSPS) is 13.7. The Bertz CT molecular complexity index is 537. The second kappa shape index (κ2) is 6.17. The summed E-state index contributed by atoms with van der Waals surface area (Å²) < 4.78 is 1.97. The lowest BCUT2D eigenvalue weighted by atomic mass is 10.1. The highest BCUT2D eigenvalue weighted by atomic mass is 15.0. The highest BCUT2D eigenvalue weighted by Crippen LogP contribution is 2.15. The highest BCUT2D eigenvalue weighted by Gasteiger charge is 2.07. The number of rotatable bonds is 5. The van der Waals surface area contributed by atoms with Crippen LogP contribution in [0.5, 0.6) is 0 Å². The van der Waals surface area contributed by atoms with Gasteiger partial charge in [0, 0.05) is 30.7 Å². The zero-order chi connectivity index (χ0) is 13.7. The van der Waals surface area contributed by atoms with Gasteiger partial charge in [0.05, 0.1) is 18.3 Å². The lowest BCUT2D eigenvalue weighted by molar-refractivity contribution is 0.528. The van der Waals surface area contributed by atoms with Gasteiger partial charge < -0.3 is 9.88 Å². The molecule has 0 bridgehead atoms. The standard InChI is InChI=1S/C15H18N4/c1-12(9-16)10-18-13(2)14-3-5-15(6-4-14)19-8-7-17-11-19/h3-8,11-13,18H,10H2,1-2H3. The van der Waals surface area contributed by atoms with Crippen LogP contribution in [-0.2, 0) is 0 Å². The van der Waals surface area contributed by atoms with Crippen molar-refractivity contribution < 1.29 is 0 Å². The Balaban J connectivity index is 2.00. The lowest BCUT2D eigenvalue weighted by Gasteiger charge is -2.15. The number of nitrogens with zero attached hydrogens (tertiary/aromatic N) is 3. The van der Waals surface area contributed by atoms with Gasteiger partial charge in [0.25, 0.3) is 0 Å². The van der Waals surface area contributed by atoms with Crippen LogP contribution in [0.15, 0.2) is 43.0 Å². The number of hydrogen-bond donors (Lipinski definition) is 1. The number of imidazole rings is 1. The van der Waals surface area contributed by atoms with Crippen molar-refractivity contribution in [3.63, 3.8) is 0 Å². The molecule has 0 amide bonds. The van der Waals surface area contributed by atoms with Gasteiger partial charge in [0.2, 0.25) is 0 Å². The highest BCUT2D eigenvalue weighted by molar-refractivity contribution is 5.35. The molecule has 2 aromatic rings. The van der Waals surface area contributed by atoms with Crippen LogP contribution >= 0.6 is 0 Å². The van der Waals surface area contributed by atoms with Crippen molar-refractivity contribution in [2.45, 2.75) is 19.9 Å². The molecule has 2 atom stereocenters. The summed E-state index contributed by atoms with van der Waals surface area (Å²) in [5.74, 6) is 0.0349. The summed E-state index contributed by atoms with van der Waals surface area (Å²) in [5.41, 5.74) is 2.31. The Morgan fingerprint density at radius 2 is 2.05 bits per heavy atom. The summed E-state index contributed by atoms with van der Waals surface area (Å²) in [6, 6.07) is 10.8. The average molecular weight is 254 g/mol. The van der Waals surface area contributed by atoms with Crippen molar-refractivity contribution in [1.82, 2.24) is 14.9 Å². The number of nitrogens with one attached hydrogen (secondary N) is 1. The van der Waals surface area contributed by atoms with Crippen LogP contribution in [0.4, 0.5) is 0 Å². The van der Waals surface area contributed by atoms with E-state index in [4.69, 9.17) is 5.26 Å². The van der Waals surface area contributed by atoms with Crippen LogP contribution < -0.4 is 5.32 Å². The van der Waals surface area contributed by atoms with Gasteiger partial charge in [-0.15, -0.1) is 0 Å². The van der Waals surface area contributed by atoms with Gasteiger partial charge in [-0.25, -0.2) is 4.98 Å². The Morgan fingerprint density at radius 1 is 1.32 bits per heavy atom. The number of nitriles is 1. The summed E-state index contributed by atoms with van der Waals surface area (Å²) in [6.45, 7) is 4.74. The maximum atomic E-state index is 8.76. The minimum atomic E-state index is 0.0349. The zero-order valence-corrected chi connectivity index (χ0v) is 11.2.